The van der Waals surface area contributed by atoms with Crippen LogP contribution in [-0.2, 0) is 30.6 Å². The summed E-state index contributed by atoms with van der Waals surface area (Å²) in [5.74, 6) is 2.96. The Bertz CT molecular complexity index is 870. The third kappa shape index (κ3) is 3.19. The van der Waals surface area contributed by atoms with Crippen molar-refractivity contribution in [3.8, 4) is 17.2 Å². The SMILES string of the molecule is COc1ccc(CC(=O)N(Cc2c3c(cc4c2OCC4)OCC3)C2CC2)cc1. The maximum Gasteiger partial charge on any atom is 0.227 e. The van der Waals surface area contributed by atoms with Gasteiger partial charge in [0.25, 0.3) is 0 Å². The second kappa shape index (κ2) is 7.04. The predicted octanol–water partition coefficient (Wildman–Crippen LogP) is 3.30. The molecule has 0 atom stereocenters. The van der Waals surface area contributed by atoms with Gasteiger partial charge in [-0.15, -0.1) is 0 Å². The Morgan fingerprint density at radius 3 is 2.68 bits per heavy atom. The molecule has 1 fully saturated rings. The summed E-state index contributed by atoms with van der Waals surface area (Å²) in [7, 11) is 1.65. The molecule has 2 heterocycles. The zero-order valence-corrected chi connectivity index (χ0v) is 16.2. The molecule has 2 aliphatic heterocycles. The van der Waals surface area contributed by atoms with Crippen molar-refractivity contribution in [2.75, 3.05) is 20.3 Å². The Morgan fingerprint density at radius 1 is 1.14 bits per heavy atom. The molecule has 3 aliphatic rings. The summed E-state index contributed by atoms with van der Waals surface area (Å²) in [4.78, 5) is 15.2. The number of nitrogens with zero attached hydrogens (tertiary/aromatic N) is 1. The highest BCUT2D eigenvalue weighted by atomic mass is 16.5. The van der Waals surface area contributed by atoms with E-state index in [9.17, 15) is 4.79 Å². The van der Waals surface area contributed by atoms with Crippen LogP contribution in [0.5, 0.6) is 17.2 Å². The van der Waals surface area contributed by atoms with E-state index in [4.69, 9.17) is 14.2 Å². The number of benzene rings is 2. The third-order valence-electron chi connectivity index (χ3n) is 5.91. The Hall–Kier alpha value is -2.69. The first-order chi connectivity index (χ1) is 13.7. The van der Waals surface area contributed by atoms with Crippen molar-refractivity contribution in [1.82, 2.24) is 4.90 Å². The van der Waals surface area contributed by atoms with Gasteiger partial charge in [-0.1, -0.05) is 12.1 Å². The molecule has 1 amide bonds. The molecule has 146 valence electrons. The number of hydrogen-bond donors (Lipinski definition) is 0. The van der Waals surface area contributed by atoms with Crippen molar-refractivity contribution in [2.24, 2.45) is 0 Å². The van der Waals surface area contributed by atoms with Gasteiger partial charge in [-0.2, -0.15) is 0 Å². The summed E-state index contributed by atoms with van der Waals surface area (Å²) in [6.45, 7) is 2.05. The van der Waals surface area contributed by atoms with E-state index in [-0.39, 0.29) is 5.91 Å². The van der Waals surface area contributed by atoms with Gasteiger partial charge in [-0.25, -0.2) is 0 Å². The number of fused-ring (bicyclic) bond motifs is 2. The Morgan fingerprint density at radius 2 is 1.93 bits per heavy atom. The standard InChI is InChI=1S/C23H25NO4/c1-26-18-6-2-15(3-7-18)12-22(25)24(17-4-5-17)14-20-19-9-11-27-21(19)13-16-8-10-28-23(16)20/h2-3,6-7,13,17H,4-5,8-12,14H2,1H3. The molecule has 28 heavy (non-hydrogen) atoms. The van der Waals surface area contributed by atoms with Crippen LogP contribution in [0.1, 0.15) is 35.1 Å². The van der Waals surface area contributed by atoms with Crippen molar-refractivity contribution in [3.63, 3.8) is 0 Å². The largest absolute Gasteiger partial charge is 0.497 e. The molecular formula is C23H25NO4. The molecule has 0 N–H and O–H groups in total. The molecular weight excluding hydrogens is 354 g/mol. The molecule has 0 saturated heterocycles. The zero-order chi connectivity index (χ0) is 19.1. The van der Waals surface area contributed by atoms with Crippen molar-refractivity contribution >= 4 is 5.91 Å². The number of hydrogen-bond acceptors (Lipinski definition) is 4. The van der Waals surface area contributed by atoms with Crippen LogP contribution in [0.25, 0.3) is 0 Å². The fourth-order valence-corrected chi connectivity index (χ4v) is 4.25. The zero-order valence-electron chi connectivity index (χ0n) is 16.2. The van der Waals surface area contributed by atoms with E-state index >= 15 is 0 Å². The van der Waals surface area contributed by atoms with Crippen molar-refractivity contribution in [1.29, 1.82) is 0 Å². The topological polar surface area (TPSA) is 48.0 Å². The minimum Gasteiger partial charge on any atom is -0.497 e. The number of ether oxygens (including phenoxy) is 3. The molecule has 5 rings (SSSR count). The number of amides is 1. The smallest absolute Gasteiger partial charge is 0.227 e. The number of carbonyl (C=O) groups excluding carboxylic acids is 1. The van der Waals surface area contributed by atoms with E-state index in [1.165, 1.54) is 11.1 Å². The number of carbonyl (C=O) groups is 1. The van der Waals surface area contributed by atoms with Gasteiger partial charge in [0.15, 0.2) is 0 Å². The molecule has 2 aromatic rings. The van der Waals surface area contributed by atoms with E-state index in [1.807, 2.05) is 24.3 Å². The van der Waals surface area contributed by atoms with Crippen LogP contribution in [0.4, 0.5) is 0 Å². The summed E-state index contributed by atoms with van der Waals surface area (Å²) in [6, 6.07) is 10.2. The van der Waals surface area contributed by atoms with Gasteiger partial charge in [-0.05, 0) is 36.6 Å². The van der Waals surface area contributed by atoms with Crippen LogP contribution in [-0.4, -0.2) is 37.2 Å². The van der Waals surface area contributed by atoms with Crippen molar-refractivity contribution in [3.05, 3.63) is 52.6 Å². The van der Waals surface area contributed by atoms with E-state index in [0.717, 1.165) is 54.1 Å². The molecule has 0 bridgehead atoms. The molecule has 5 heteroatoms. The molecule has 1 aliphatic carbocycles. The van der Waals surface area contributed by atoms with Gasteiger partial charge in [-0.3, -0.25) is 4.79 Å². The van der Waals surface area contributed by atoms with Gasteiger partial charge in [0.05, 0.1) is 33.3 Å². The number of rotatable bonds is 6. The van der Waals surface area contributed by atoms with Gasteiger partial charge in [0.2, 0.25) is 5.91 Å². The monoisotopic (exact) mass is 379 g/mol. The Labute approximate surface area is 165 Å². The van der Waals surface area contributed by atoms with Crippen molar-refractivity contribution in [2.45, 2.75) is 44.7 Å². The van der Waals surface area contributed by atoms with E-state index in [1.54, 1.807) is 7.11 Å². The van der Waals surface area contributed by atoms with Crippen LogP contribution in [0.3, 0.4) is 0 Å². The molecule has 0 unspecified atom stereocenters. The highest BCUT2D eigenvalue weighted by Crippen LogP contribution is 2.42. The van der Waals surface area contributed by atoms with Crippen LogP contribution in [0.2, 0.25) is 0 Å². The first-order valence-electron chi connectivity index (χ1n) is 10.1. The van der Waals surface area contributed by atoms with Gasteiger partial charge in [0.1, 0.15) is 17.2 Å². The maximum absolute atomic E-state index is 13.2. The van der Waals surface area contributed by atoms with Gasteiger partial charge in [0, 0.05) is 35.6 Å². The summed E-state index contributed by atoms with van der Waals surface area (Å²) in [5.41, 5.74) is 4.62. The first kappa shape index (κ1) is 17.4. The van der Waals surface area contributed by atoms with Crippen molar-refractivity contribution < 1.29 is 19.0 Å². The second-order valence-electron chi connectivity index (χ2n) is 7.79. The molecule has 0 aromatic heterocycles. The average Bonchev–Trinajstić information content (AvgIpc) is 3.24. The van der Waals surface area contributed by atoms with E-state index < -0.39 is 0 Å². The Kier molecular flexibility index (Phi) is 4.38. The molecule has 0 spiro atoms. The van der Waals surface area contributed by atoms with Crippen LogP contribution < -0.4 is 14.2 Å². The van der Waals surface area contributed by atoms with Gasteiger partial charge < -0.3 is 19.1 Å². The molecule has 0 radical (unpaired) electrons. The maximum atomic E-state index is 13.2. The lowest BCUT2D eigenvalue weighted by atomic mass is 9.98. The quantitative estimate of drug-likeness (QED) is 0.773. The minimum absolute atomic E-state index is 0.177. The lowest BCUT2D eigenvalue weighted by molar-refractivity contribution is -0.131. The fraction of sp³-hybridized carbons (Fsp3) is 0.435. The highest BCUT2D eigenvalue weighted by Gasteiger charge is 2.35. The lowest BCUT2D eigenvalue weighted by Crippen LogP contribution is -2.34. The predicted molar refractivity (Wildman–Crippen MR) is 105 cm³/mol. The summed E-state index contributed by atoms with van der Waals surface area (Å²) >= 11 is 0. The van der Waals surface area contributed by atoms with E-state index in [2.05, 4.69) is 11.0 Å². The van der Waals surface area contributed by atoms with Gasteiger partial charge >= 0.3 is 0 Å². The summed E-state index contributed by atoms with van der Waals surface area (Å²) in [6.07, 6.45) is 4.40. The Balaban J connectivity index is 1.40. The third-order valence-corrected chi connectivity index (χ3v) is 5.91. The first-order valence-corrected chi connectivity index (χ1v) is 10.1. The van der Waals surface area contributed by atoms with Crippen LogP contribution >= 0.6 is 0 Å². The molecule has 5 nitrogen and oxygen atoms in total. The van der Waals surface area contributed by atoms with Crippen LogP contribution in [0.15, 0.2) is 30.3 Å². The highest BCUT2D eigenvalue weighted by molar-refractivity contribution is 5.79. The van der Waals surface area contributed by atoms with E-state index in [0.29, 0.717) is 32.2 Å². The summed E-state index contributed by atoms with van der Waals surface area (Å²) in [5, 5.41) is 0. The minimum atomic E-state index is 0.177. The summed E-state index contributed by atoms with van der Waals surface area (Å²) < 4.78 is 17.0. The fourth-order valence-electron chi connectivity index (χ4n) is 4.25. The molecule has 1 saturated carbocycles. The van der Waals surface area contributed by atoms with Crippen LogP contribution in [0, 0.1) is 0 Å². The second-order valence-corrected chi connectivity index (χ2v) is 7.79. The average molecular weight is 379 g/mol. The molecule has 2 aromatic carbocycles. The lowest BCUT2D eigenvalue weighted by Gasteiger charge is -2.25. The normalized spacial score (nSPS) is 16.8. The number of methoxy groups -OCH3 is 1.